The van der Waals surface area contributed by atoms with Crippen molar-refractivity contribution in [1.82, 2.24) is 5.32 Å². The van der Waals surface area contributed by atoms with E-state index in [0.29, 0.717) is 11.3 Å². The number of amides is 2. The number of benzene rings is 3. The number of hydrogen-bond acceptors (Lipinski definition) is 4. The van der Waals surface area contributed by atoms with Crippen molar-refractivity contribution in [2.75, 3.05) is 11.9 Å². The van der Waals surface area contributed by atoms with Crippen LogP contribution in [0.2, 0.25) is 0 Å². The van der Waals surface area contributed by atoms with Gasteiger partial charge in [0.15, 0.2) is 6.10 Å². The van der Waals surface area contributed by atoms with E-state index in [0.717, 1.165) is 10.8 Å². The van der Waals surface area contributed by atoms with Gasteiger partial charge in [-0.3, -0.25) is 14.4 Å². The number of nitrogens with one attached hydrogen (secondary N) is 2. The minimum absolute atomic E-state index is 0.318. The number of esters is 1. The van der Waals surface area contributed by atoms with Crippen LogP contribution in [0.1, 0.15) is 17.3 Å². The van der Waals surface area contributed by atoms with Gasteiger partial charge in [-0.15, -0.1) is 0 Å². The molecule has 0 saturated heterocycles. The van der Waals surface area contributed by atoms with Crippen molar-refractivity contribution in [3.05, 3.63) is 78.4 Å². The number of fused-ring (bicyclic) bond motifs is 1. The maximum absolute atomic E-state index is 12.3. The molecule has 0 aliphatic carbocycles. The van der Waals surface area contributed by atoms with Crippen LogP contribution in [0.3, 0.4) is 0 Å². The van der Waals surface area contributed by atoms with Crippen molar-refractivity contribution in [1.29, 1.82) is 0 Å². The van der Waals surface area contributed by atoms with Crippen LogP contribution in [0.25, 0.3) is 10.8 Å². The Kier molecular flexibility index (Phi) is 6.01. The third-order valence-corrected chi connectivity index (χ3v) is 4.12. The minimum atomic E-state index is -0.993. The van der Waals surface area contributed by atoms with Gasteiger partial charge < -0.3 is 15.4 Å². The highest BCUT2D eigenvalue weighted by molar-refractivity contribution is 5.98. The van der Waals surface area contributed by atoms with Gasteiger partial charge in [-0.2, -0.15) is 0 Å². The second-order valence-electron chi connectivity index (χ2n) is 6.23. The predicted octanol–water partition coefficient (Wildman–Crippen LogP) is 3.14. The van der Waals surface area contributed by atoms with E-state index in [4.69, 9.17) is 4.74 Å². The highest BCUT2D eigenvalue weighted by Crippen LogP contribution is 2.19. The number of hydrogen-bond donors (Lipinski definition) is 2. The molecule has 2 N–H and O–H groups in total. The third kappa shape index (κ3) is 4.94. The van der Waals surface area contributed by atoms with Crippen LogP contribution < -0.4 is 10.6 Å². The van der Waals surface area contributed by atoms with Gasteiger partial charge in [0, 0.05) is 11.3 Å². The summed E-state index contributed by atoms with van der Waals surface area (Å²) < 4.78 is 5.09. The number of carbonyl (C=O) groups is 3. The van der Waals surface area contributed by atoms with Crippen molar-refractivity contribution in [2.24, 2.45) is 0 Å². The molecule has 3 aromatic rings. The molecule has 0 saturated carbocycles. The zero-order valence-corrected chi connectivity index (χ0v) is 15.3. The maximum Gasteiger partial charge on any atom is 0.326 e. The molecule has 6 nitrogen and oxygen atoms in total. The van der Waals surface area contributed by atoms with Crippen molar-refractivity contribution >= 4 is 34.2 Å². The Morgan fingerprint density at radius 1 is 0.893 bits per heavy atom. The second kappa shape index (κ2) is 8.81. The lowest BCUT2D eigenvalue weighted by Gasteiger charge is -2.14. The topological polar surface area (TPSA) is 84.5 Å². The summed E-state index contributed by atoms with van der Waals surface area (Å²) in [5.74, 6) is -1.52. The fourth-order valence-corrected chi connectivity index (χ4v) is 2.65. The molecule has 0 spiro atoms. The summed E-state index contributed by atoms with van der Waals surface area (Å²) in [6.45, 7) is 1.16. The van der Waals surface area contributed by atoms with Gasteiger partial charge in [-0.1, -0.05) is 48.5 Å². The van der Waals surface area contributed by atoms with Gasteiger partial charge in [-0.25, -0.2) is 0 Å². The van der Waals surface area contributed by atoms with Gasteiger partial charge >= 0.3 is 5.97 Å². The quantitative estimate of drug-likeness (QED) is 0.648. The summed E-state index contributed by atoms with van der Waals surface area (Å²) in [6, 6.07) is 21.9. The largest absolute Gasteiger partial charge is 0.451 e. The molecule has 0 heterocycles. The van der Waals surface area contributed by atoms with E-state index < -0.39 is 18.0 Å². The molecule has 3 rings (SSSR count). The molecule has 0 bridgehead atoms. The van der Waals surface area contributed by atoms with Gasteiger partial charge in [0.2, 0.25) is 0 Å². The standard InChI is InChI=1S/C22H20N2O4/c1-15(28-20(25)14-23-22(27)17-8-3-2-4-9-17)21(26)24-19-12-11-16-7-5-6-10-18(16)13-19/h2-13,15H,14H2,1H3,(H,23,27)(H,24,26)/t15-/m0/s1. The highest BCUT2D eigenvalue weighted by Gasteiger charge is 2.18. The molecule has 28 heavy (non-hydrogen) atoms. The fourth-order valence-electron chi connectivity index (χ4n) is 2.65. The van der Waals surface area contributed by atoms with Crippen molar-refractivity contribution in [3.8, 4) is 0 Å². The van der Waals surface area contributed by atoms with Crippen LogP contribution in [0.5, 0.6) is 0 Å². The van der Waals surface area contributed by atoms with Crippen LogP contribution in [-0.4, -0.2) is 30.4 Å². The average molecular weight is 376 g/mol. The summed E-state index contributed by atoms with van der Waals surface area (Å²) in [7, 11) is 0. The first-order valence-corrected chi connectivity index (χ1v) is 8.85. The first-order chi connectivity index (χ1) is 13.5. The van der Waals surface area contributed by atoms with Crippen molar-refractivity contribution < 1.29 is 19.1 Å². The molecular weight excluding hydrogens is 356 g/mol. The SMILES string of the molecule is C[C@H](OC(=O)CNC(=O)c1ccccc1)C(=O)Nc1ccc2ccccc2c1. The van der Waals surface area contributed by atoms with Gasteiger partial charge in [0.25, 0.3) is 11.8 Å². The average Bonchev–Trinajstić information content (AvgIpc) is 2.72. The van der Waals surface area contributed by atoms with E-state index in [9.17, 15) is 14.4 Å². The monoisotopic (exact) mass is 376 g/mol. The molecule has 0 fully saturated rings. The first kappa shape index (κ1) is 19.1. The minimum Gasteiger partial charge on any atom is -0.451 e. The number of ether oxygens (including phenoxy) is 1. The van der Waals surface area contributed by atoms with Crippen molar-refractivity contribution in [2.45, 2.75) is 13.0 Å². The smallest absolute Gasteiger partial charge is 0.326 e. The fraction of sp³-hybridized carbons (Fsp3) is 0.136. The van der Waals surface area contributed by atoms with Crippen LogP contribution >= 0.6 is 0 Å². The van der Waals surface area contributed by atoms with Crippen LogP contribution in [0.15, 0.2) is 72.8 Å². The van der Waals surface area contributed by atoms with E-state index >= 15 is 0 Å². The van der Waals surface area contributed by atoms with Gasteiger partial charge in [0.05, 0.1) is 0 Å². The summed E-state index contributed by atoms with van der Waals surface area (Å²) in [5, 5.41) is 7.25. The molecule has 0 unspecified atom stereocenters. The van der Waals surface area contributed by atoms with Crippen molar-refractivity contribution in [3.63, 3.8) is 0 Å². The Morgan fingerprint density at radius 3 is 2.32 bits per heavy atom. The van der Waals surface area contributed by atoms with E-state index in [-0.39, 0.29) is 12.5 Å². The number of anilines is 1. The molecular formula is C22H20N2O4. The Balaban J connectivity index is 1.50. The maximum atomic E-state index is 12.3. The lowest BCUT2D eigenvalue weighted by atomic mass is 10.1. The molecule has 142 valence electrons. The Labute approximate surface area is 162 Å². The van der Waals surface area contributed by atoms with E-state index in [1.165, 1.54) is 6.92 Å². The molecule has 0 aliphatic rings. The summed E-state index contributed by atoms with van der Waals surface area (Å²) in [4.78, 5) is 36.1. The molecule has 0 radical (unpaired) electrons. The van der Waals surface area contributed by atoms with E-state index in [2.05, 4.69) is 10.6 Å². The zero-order valence-electron chi connectivity index (χ0n) is 15.3. The van der Waals surface area contributed by atoms with E-state index in [1.54, 1.807) is 36.4 Å². The van der Waals surface area contributed by atoms with Gasteiger partial charge in [-0.05, 0) is 42.0 Å². The van der Waals surface area contributed by atoms with E-state index in [1.807, 2.05) is 36.4 Å². The molecule has 0 aliphatic heterocycles. The number of carbonyl (C=O) groups excluding carboxylic acids is 3. The normalized spacial score (nSPS) is 11.5. The number of rotatable bonds is 6. The Bertz CT molecular complexity index is 1000. The van der Waals surface area contributed by atoms with Crippen LogP contribution in [-0.2, 0) is 14.3 Å². The second-order valence-corrected chi connectivity index (χ2v) is 6.23. The summed E-state index contributed by atoms with van der Waals surface area (Å²) >= 11 is 0. The summed E-state index contributed by atoms with van der Waals surface area (Å²) in [6.07, 6.45) is -0.993. The third-order valence-electron chi connectivity index (χ3n) is 4.12. The van der Waals surface area contributed by atoms with Crippen LogP contribution in [0.4, 0.5) is 5.69 Å². The first-order valence-electron chi connectivity index (χ1n) is 8.85. The highest BCUT2D eigenvalue weighted by atomic mass is 16.5. The molecule has 6 heteroatoms. The molecule has 1 atom stereocenters. The lowest BCUT2D eigenvalue weighted by Crippen LogP contribution is -2.35. The van der Waals surface area contributed by atoms with Crippen LogP contribution in [0, 0.1) is 0 Å². The molecule has 2 amide bonds. The Morgan fingerprint density at radius 2 is 1.57 bits per heavy atom. The predicted molar refractivity (Wildman–Crippen MR) is 107 cm³/mol. The van der Waals surface area contributed by atoms with Gasteiger partial charge in [0.1, 0.15) is 6.54 Å². The molecule has 0 aromatic heterocycles. The zero-order chi connectivity index (χ0) is 19.9. The summed E-state index contributed by atoms with van der Waals surface area (Å²) in [5.41, 5.74) is 1.06. The lowest BCUT2D eigenvalue weighted by molar-refractivity contribution is -0.152. The molecule has 3 aromatic carbocycles. The Hall–Kier alpha value is -3.67.